The first kappa shape index (κ1) is 15.3. The van der Waals surface area contributed by atoms with E-state index in [1.54, 1.807) is 30.6 Å². The lowest BCUT2D eigenvalue weighted by molar-refractivity contribution is 0.130. The summed E-state index contributed by atoms with van der Waals surface area (Å²) in [5.41, 5.74) is 7.45. The van der Waals surface area contributed by atoms with Gasteiger partial charge in [0, 0.05) is 23.0 Å². The molecule has 1 aromatic carbocycles. The largest absolute Gasteiger partial charge is 0.389 e. The highest BCUT2D eigenvalue weighted by molar-refractivity contribution is 6.30. The van der Waals surface area contributed by atoms with Gasteiger partial charge in [-0.1, -0.05) is 28.9 Å². The first-order chi connectivity index (χ1) is 8.75. The van der Waals surface area contributed by atoms with Crippen LogP contribution in [0.4, 0.5) is 0 Å². The average molecular weight is 298 g/mol. The van der Waals surface area contributed by atoms with Crippen molar-refractivity contribution in [1.29, 1.82) is 0 Å². The normalized spacial score (nSPS) is 10.7. The Morgan fingerprint density at radius 1 is 1.26 bits per heavy atom. The van der Waals surface area contributed by atoms with E-state index in [-0.39, 0.29) is 12.4 Å². The Hall–Kier alpha value is -1.78. The van der Waals surface area contributed by atoms with Gasteiger partial charge in [-0.25, -0.2) is 0 Å². The number of amidine groups is 1. The molecule has 0 spiro atoms. The molecule has 2 N–H and O–H groups in total. The second kappa shape index (κ2) is 7.61. The Bertz CT molecular complexity index is 529. The maximum absolute atomic E-state index is 5.78. The predicted molar refractivity (Wildman–Crippen MR) is 78.5 cm³/mol. The molecule has 0 saturated carbocycles. The third kappa shape index (κ3) is 4.77. The third-order valence-corrected chi connectivity index (χ3v) is 2.52. The van der Waals surface area contributed by atoms with Crippen molar-refractivity contribution >= 4 is 29.8 Å². The van der Waals surface area contributed by atoms with E-state index in [1.165, 1.54) is 0 Å². The van der Waals surface area contributed by atoms with Crippen LogP contribution >= 0.6 is 24.0 Å². The molecule has 0 saturated heterocycles. The van der Waals surface area contributed by atoms with Crippen LogP contribution in [0.15, 0.2) is 53.9 Å². The van der Waals surface area contributed by atoms with Crippen molar-refractivity contribution in [2.45, 2.75) is 6.61 Å². The monoisotopic (exact) mass is 297 g/mol. The van der Waals surface area contributed by atoms with Crippen LogP contribution in [-0.2, 0) is 11.4 Å². The molecule has 0 aliphatic heterocycles. The van der Waals surface area contributed by atoms with Crippen molar-refractivity contribution < 1.29 is 4.84 Å². The fourth-order valence-electron chi connectivity index (χ4n) is 1.32. The molecule has 4 nitrogen and oxygen atoms in total. The van der Waals surface area contributed by atoms with Gasteiger partial charge in [0.05, 0.1) is 0 Å². The van der Waals surface area contributed by atoms with Crippen LogP contribution in [-0.4, -0.2) is 10.8 Å². The second-order valence-corrected chi connectivity index (χ2v) is 4.05. The van der Waals surface area contributed by atoms with Crippen LogP contribution in [0.1, 0.15) is 11.1 Å². The average Bonchev–Trinajstić information content (AvgIpc) is 2.42. The molecule has 100 valence electrons. The molecule has 0 radical (unpaired) electrons. The number of halogens is 2. The molecule has 2 aromatic rings. The summed E-state index contributed by atoms with van der Waals surface area (Å²) in [5, 5.41) is 4.53. The van der Waals surface area contributed by atoms with Crippen LogP contribution in [0.25, 0.3) is 0 Å². The van der Waals surface area contributed by atoms with E-state index < -0.39 is 0 Å². The van der Waals surface area contributed by atoms with E-state index in [2.05, 4.69) is 10.1 Å². The Morgan fingerprint density at radius 2 is 2.00 bits per heavy atom. The van der Waals surface area contributed by atoms with Crippen LogP contribution in [0.3, 0.4) is 0 Å². The first-order valence-electron chi connectivity index (χ1n) is 5.36. The third-order valence-electron chi connectivity index (χ3n) is 2.26. The minimum atomic E-state index is 0. The SMILES string of the molecule is Cl.N/C(=N\OCc1ccc(Cl)cc1)c1cccnc1. The molecule has 1 heterocycles. The minimum absolute atomic E-state index is 0. The van der Waals surface area contributed by atoms with Crippen LogP contribution in [0.5, 0.6) is 0 Å². The highest BCUT2D eigenvalue weighted by atomic mass is 35.5. The summed E-state index contributed by atoms with van der Waals surface area (Å²) in [6.45, 7) is 0.345. The maximum Gasteiger partial charge on any atom is 0.171 e. The molecule has 0 bridgehead atoms. The fourth-order valence-corrected chi connectivity index (χ4v) is 1.45. The summed E-state index contributed by atoms with van der Waals surface area (Å²) in [4.78, 5) is 9.12. The standard InChI is InChI=1S/C13H12ClN3O.ClH/c14-12-5-3-10(4-6-12)9-18-17-13(15)11-2-1-7-16-8-11;/h1-8H,9H2,(H2,15,17);1H. The smallest absolute Gasteiger partial charge is 0.171 e. The summed E-state index contributed by atoms with van der Waals surface area (Å²) >= 11 is 5.78. The van der Waals surface area contributed by atoms with Gasteiger partial charge < -0.3 is 10.6 Å². The summed E-state index contributed by atoms with van der Waals surface area (Å²) in [6, 6.07) is 11.0. The molecule has 2 rings (SSSR count). The number of hydrogen-bond acceptors (Lipinski definition) is 3. The van der Waals surface area contributed by atoms with Gasteiger partial charge in [-0.15, -0.1) is 12.4 Å². The molecule has 6 heteroatoms. The second-order valence-electron chi connectivity index (χ2n) is 3.62. The first-order valence-corrected chi connectivity index (χ1v) is 5.74. The number of benzene rings is 1. The quantitative estimate of drug-likeness (QED) is 0.536. The topological polar surface area (TPSA) is 60.5 Å². The van der Waals surface area contributed by atoms with Crippen molar-refractivity contribution in [1.82, 2.24) is 4.98 Å². The molecule has 0 atom stereocenters. The van der Waals surface area contributed by atoms with Crippen molar-refractivity contribution in [3.05, 3.63) is 64.9 Å². The zero-order chi connectivity index (χ0) is 12.8. The zero-order valence-corrected chi connectivity index (χ0v) is 11.6. The van der Waals surface area contributed by atoms with Crippen molar-refractivity contribution in [2.24, 2.45) is 10.9 Å². The molecular formula is C13H13Cl2N3O. The number of hydrogen-bond donors (Lipinski definition) is 1. The molecule has 0 aliphatic carbocycles. The van der Waals surface area contributed by atoms with E-state index in [0.717, 1.165) is 11.1 Å². The number of nitrogens with zero attached hydrogens (tertiary/aromatic N) is 2. The number of oxime groups is 1. The summed E-state index contributed by atoms with van der Waals surface area (Å²) in [7, 11) is 0. The van der Waals surface area contributed by atoms with Gasteiger partial charge in [-0.3, -0.25) is 4.98 Å². The fraction of sp³-hybridized carbons (Fsp3) is 0.0769. The van der Waals surface area contributed by atoms with Gasteiger partial charge in [-0.05, 0) is 29.8 Å². The molecule has 1 aromatic heterocycles. The molecule has 0 aliphatic rings. The van der Waals surface area contributed by atoms with Crippen LogP contribution in [0.2, 0.25) is 5.02 Å². The molecule has 0 amide bonds. The van der Waals surface area contributed by atoms with Gasteiger partial charge in [0.15, 0.2) is 5.84 Å². The summed E-state index contributed by atoms with van der Waals surface area (Å²) < 4.78 is 0. The van der Waals surface area contributed by atoms with E-state index in [1.807, 2.05) is 18.2 Å². The van der Waals surface area contributed by atoms with Gasteiger partial charge in [0.25, 0.3) is 0 Å². The van der Waals surface area contributed by atoms with Gasteiger partial charge in [-0.2, -0.15) is 0 Å². The van der Waals surface area contributed by atoms with Gasteiger partial charge in [0.2, 0.25) is 0 Å². The highest BCUT2D eigenvalue weighted by Crippen LogP contribution is 2.10. The Balaban J connectivity index is 0.00000180. The lowest BCUT2D eigenvalue weighted by atomic mass is 10.2. The van der Waals surface area contributed by atoms with Crippen molar-refractivity contribution in [3.63, 3.8) is 0 Å². The van der Waals surface area contributed by atoms with E-state index in [0.29, 0.717) is 17.5 Å². The van der Waals surface area contributed by atoms with Crippen molar-refractivity contribution in [2.75, 3.05) is 0 Å². The lowest BCUT2D eigenvalue weighted by Crippen LogP contribution is -2.13. The van der Waals surface area contributed by atoms with E-state index in [4.69, 9.17) is 22.2 Å². The van der Waals surface area contributed by atoms with Gasteiger partial charge >= 0.3 is 0 Å². The predicted octanol–water partition coefficient (Wildman–Crippen LogP) is 2.99. The van der Waals surface area contributed by atoms with E-state index >= 15 is 0 Å². The molecule has 0 fully saturated rings. The number of nitrogens with two attached hydrogens (primary N) is 1. The zero-order valence-electron chi connectivity index (χ0n) is 9.99. The van der Waals surface area contributed by atoms with E-state index in [9.17, 15) is 0 Å². The lowest BCUT2D eigenvalue weighted by Gasteiger charge is -2.02. The molecule has 0 unspecified atom stereocenters. The Labute approximate surface area is 122 Å². The van der Waals surface area contributed by atoms with Crippen LogP contribution in [0, 0.1) is 0 Å². The molecule has 19 heavy (non-hydrogen) atoms. The summed E-state index contributed by atoms with van der Waals surface area (Å²) in [6.07, 6.45) is 3.30. The molecular weight excluding hydrogens is 285 g/mol. The minimum Gasteiger partial charge on any atom is -0.389 e. The van der Waals surface area contributed by atoms with Crippen LogP contribution < -0.4 is 5.73 Å². The summed E-state index contributed by atoms with van der Waals surface area (Å²) in [5.74, 6) is 0.303. The Morgan fingerprint density at radius 3 is 2.63 bits per heavy atom. The number of aromatic nitrogens is 1. The number of rotatable bonds is 4. The van der Waals surface area contributed by atoms with Crippen molar-refractivity contribution in [3.8, 4) is 0 Å². The maximum atomic E-state index is 5.78. The highest BCUT2D eigenvalue weighted by Gasteiger charge is 1.98. The Kier molecular flexibility index (Phi) is 6.12. The van der Waals surface area contributed by atoms with Gasteiger partial charge in [0.1, 0.15) is 6.61 Å². The number of pyridine rings is 1.